The minimum atomic E-state index is -0.273. The monoisotopic (exact) mass is 389 g/mol. The first-order chi connectivity index (χ1) is 13.6. The number of halogens is 1. The van der Waals surface area contributed by atoms with E-state index in [4.69, 9.17) is 16.0 Å². The molecule has 1 unspecified atom stereocenters. The minimum Gasteiger partial charge on any atom is -0.418 e. The van der Waals surface area contributed by atoms with Crippen molar-refractivity contribution < 1.29 is 4.42 Å². The predicted octanol–water partition coefficient (Wildman–Crippen LogP) is 6.21. The number of aryl methyl sites for hydroxylation is 2. The highest BCUT2D eigenvalue weighted by molar-refractivity contribution is 6.33. The van der Waals surface area contributed by atoms with Crippen LogP contribution in [-0.4, -0.2) is 10.2 Å². The van der Waals surface area contributed by atoms with Gasteiger partial charge in [0.15, 0.2) is 0 Å². The van der Waals surface area contributed by atoms with Crippen molar-refractivity contribution in [2.45, 2.75) is 19.9 Å². The SMILES string of the molecule is Cc1ccc(C)c(NC(c2ccccc2)c2nnc(-c3ccccc3Cl)o2)c1. The Morgan fingerprint density at radius 3 is 2.43 bits per heavy atom. The van der Waals surface area contributed by atoms with Crippen LogP contribution in [0.2, 0.25) is 5.02 Å². The normalized spacial score (nSPS) is 12.0. The van der Waals surface area contributed by atoms with Gasteiger partial charge in [-0.1, -0.05) is 66.2 Å². The lowest BCUT2D eigenvalue weighted by Gasteiger charge is -2.19. The summed E-state index contributed by atoms with van der Waals surface area (Å²) in [6.07, 6.45) is 0. The molecule has 0 bridgehead atoms. The zero-order valence-corrected chi connectivity index (χ0v) is 16.4. The number of hydrogen-bond acceptors (Lipinski definition) is 4. The lowest BCUT2D eigenvalue weighted by Crippen LogP contribution is -2.13. The average Bonchev–Trinajstić information content (AvgIpc) is 3.19. The fourth-order valence-electron chi connectivity index (χ4n) is 3.07. The second-order valence-electron chi connectivity index (χ2n) is 6.73. The van der Waals surface area contributed by atoms with Gasteiger partial charge < -0.3 is 9.73 Å². The van der Waals surface area contributed by atoms with E-state index in [2.05, 4.69) is 47.6 Å². The Bertz CT molecular complexity index is 1090. The van der Waals surface area contributed by atoms with E-state index in [1.165, 1.54) is 5.56 Å². The van der Waals surface area contributed by atoms with Crippen LogP contribution in [0.4, 0.5) is 5.69 Å². The van der Waals surface area contributed by atoms with E-state index >= 15 is 0 Å². The maximum Gasteiger partial charge on any atom is 0.249 e. The summed E-state index contributed by atoms with van der Waals surface area (Å²) < 4.78 is 6.04. The zero-order valence-electron chi connectivity index (χ0n) is 15.7. The molecule has 4 nitrogen and oxygen atoms in total. The molecule has 0 saturated heterocycles. The van der Waals surface area contributed by atoms with Gasteiger partial charge in [0.05, 0.1) is 10.6 Å². The predicted molar refractivity (Wildman–Crippen MR) is 113 cm³/mol. The number of hydrogen-bond donors (Lipinski definition) is 1. The van der Waals surface area contributed by atoms with E-state index in [9.17, 15) is 0 Å². The van der Waals surface area contributed by atoms with Crippen molar-refractivity contribution in [3.8, 4) is 11.5 Å². The fraction of sp³-hybridized carbons (Fsp3) is 0.130. The Hall–Kier alpha value is -3.11. The molecular formula is C23H20ClN3O. The first-order valence-corrected chi connectivity index (χ1v) is 9.46. The van der Waals surface area contributed by atoms with Gasteiger partial charge in [0.25, 0.3) is 0 Å². The van der Waals surface area contributed by atoms with Crippen LogP contribution in [0.3, 0.4) is 0 Å². The summed E-state index contributed by atoms with van der Waals surface area (Å²) in [6.45, 7) is 4.15. The van der Waals surface area contributed by atoms with Crippen LogP contribution in [0.15, 0.2) is 77.2 Å². The van der Waals surface area contributed by atoms with E-state index in [1.54, 1.807) is 0 Å². The summed E-state index contributed by atoms with van der Waals surface area (Å²) in [5, 5.41) is 12.7. The Morgan fingerprint density at radius 2 is 1.64 bits per heavy atom. The molecule has 28 heavy (non-hydrogen) atoms. The fourth-order valence-corrected chi connectivity index (χ4v) is 3.29. The van der Waals surface area contributed by atoms with Gasteiger partial charge in [0, 0.05) is 5.69 Å². The molecule has 1 heterocycles. The van der Waals surface area contributed by atoms with Crippen LogP contribution in [0.1, 0.15) is 28.6 Å². The largest absolute Gasteiger partial charge is 0.418 e. The van der Waals surface area contributed by atoms with Crippen molar-refractivity contribution in [2.24, 2.45) is 0 Å². The van der Waals surface area contributed by atoms with E-state index in [0.29, 0.717) is 16.8 Å². The van der Waals surface area contributed by atoms with Crippen LogP contribution in [0.5, 0.6) is 0 Å². The van der Waals surface area contributed by atoms with E-state index < -0.39 is 0 Å². The van der Waals surface area contributed by atoms with E-state index in [0.717, 1.165) is 22.4 Å². The average molecular weight is 390 g/mol. The Morgan fingerprint density at radius 1 is 0.893 bits per heavy atom. The lowest BCUT2D eigenvalue weighted by atomic mass is 10.0. The minimum absolute atomic E-state index is 0.273. The van der Waals surface area contributed by atoms with Crippen LogP contribution < -0.4 is 5.32 Å². The van der Waals surface area contributed by atoms with Crippen molar-refractivity contribution in [2.75, 3.05) is 5.32 Å². The maximum atomic E-state index is 6.29. The summed E-state index contributed by atoms with van der Waals surface area (Å²) in [6, 6.07) is 23.6. The second-order valence-corrected chi connectivity index (χ2v) is 7.14. The first kappa shape index (κ1) is 18.3. The number of nitrogens with one attached hydrogen (secondary N) is 1. The molecule has 1 atom stereocenters. The van der Waals surface area contributed by atoms with Crippen molar-refractivity contribution in [1.29, 1.82) is 0 Å². The molecule has 0 aliphatic carbocycles. The highest BCUT2D eigenvalue weighted by Gasteiger charge is 2.22. The third-order valence-electron chi connectivity index (χ3n) is 4.62. The number of nitrogens with zero attached hydrogens (tertiary/aromatic N) is 2. The van der Waals surface area contributed by atoms with Crippen LogP contribution in [0.25, 0.3) is 11.5 Å². The molecule has 0 aliphatic heterocycles. The van der Waals surface area contributed by atoms with Crippen LogP contribution >= 0.6 is 11.6 Å². The first-order valence-electron chi connectivity index (χ1n) is 9.09. The van der Waals surface area contributed by atoms with Gasteiger partial charge in [-0.05, 0) is 48.7 Å². The summed E-state index contributed by atoms with van der Waals surface area (Å²) in [4.78, 5) is 0. The van der Waals surface area contributed by atoms with Gasteiger partial charge in [0.1, 0.15) is 6.04 Å². The molecule has 0 fully saturated rings. The second kappa shape index (κ2) is 7.87. The molecule has 1 N–H and O–H groups in total. The molecule has 0 radical (unpaired) electrons. The van der Waals surface area contributed by atoms with Crippen LogP contribution in [-0.2, 0) is 0 Å². The van der Waals surface area contributed by atoms with Crippen LogP contribution in [0, 0.1) is 13.8 Å². The Kier molecular flexibility index (Phi) is 5.13. The number of rotatable bonds is 5. The van der Waals surface area contributed by atoms with Crippen molar-refractivity contribution in [3.63, 3.8) is 0 Å². The molecule has 0 saturated carbocycles. The molecule has 0 amide bonds. The summed E-state index contributed by atoms with van der Waals surface area (Å²) in [5.41, 5.74) is 5.13. The number of anilines is 1. The number of aromatic nitrogens is 2. The lowest BCUT2D eigenvalue weighted by molar-refractivity contribution is 0.494. The maximum absolute atomic E-state index is 6.29. The molecule has 0 spiro atoms. The van der Waals surface area contributed by atoms with Gasteiger partial charge >= 0.3 is 0 Å². The zero-order chi connectivity index (χ0) is 19.5. The topological polar surface area (TPSA) is 51.0 Å². The van der Waals surface area contributed by atoms with Gasteiger partial charge in [-0.15, -0.1) is 10.2 Å². The molecule has 0 aliphatic rings. The smallest absolute Gasteiger partial charge is 0.249 e. The standard InChI is InChI=1S/C23H20ClN3O/c1-15-12-13-16(2)20(14-15)25-21(17-8-4-3-5-9-17)23-27-26-22(28-23)18-10-6-7-11-19(18)24/h3-14,21,25H,1-2H3. The molecule has 4 rings (SSSR count). The molecule has 4 aromatic rings. The van der Waals surface area contributed by atoms with Gasteiger partial charge in [0.2, 0.25) is 11.8 Å². The van der Waals surface area contributed by atoms with Gasteiger partial charge in [-0.25, -0.2) is 0 Å². The molecule has 3 aromatic carbocycles. The Labute approximate surface area is 169 Å². The Balaban J connectivity index is 1.75. The summed E-state index contributed by atoms with van der Waals surface area (Å²) >= 11 is 6.29. The number of benzene rings is 3. The highest BCUT2D eigenvalue weighted by atomic mass is 35.5. The quantitative estimate of drug-likeness (QED) is 0.441. The highest BCUT2D eigenvalue weighted by Crippen LogP contribution is 2.32. The third-order valence-corrected chi connectivity index (χ3v) is 4.95. The van der Waals surface area contributed by atoms with E-state index in [1.807, 2.05) is 54.6 Å². The molecule has 140 valence electrons. The van der Waals surface area contributed by atoms with Crippen molar-refractivity contribution in [1.82, 2.24) is 10.2 Å². The van der Waals surface area contributed by atoms with Gasteiger partial charge in [-0.3, -0.25) is 0 Å². The molecule has 5 heteroatoms. The van der Waals surface area contributed by atoms with Crippen molar-refractivity contribution >= 4 is 17.3 Å². The van der Waals surface area contributed by atoms with Crippen molar-refractivity contribution in [3.05, 3.63) is 100 Å². The van der Waals surface area contributed by atoms with E-state index in [-0.39, 0.29) is 6.04 Å². The molecule has 1 aromatic heterocycles. The molecular weight excluding hydrogens is 370 g/mol. The third kappa shape index (κ3) is 3.78. The summed E-state index contributed by atoms with van der Waals surface area (Å²) in [7, 11) is 0. The van der Waals surface area contributed by atoms with Gasteiger partial charge in [-0.2, -0.15) is 0 Å². The summed E-state index contributed by atoms with van der Waals surface area (Å²) in [5.74, 6) is 0.895.